The number of nitrogens with zero attached hydrogens (tertiary/aromatic N) is 2. The number of halogens is 1. The Bertz CT molecular complexity index is 656. The maximum atomic E-state index is 13.6. The van der Waals surface area contributed by atoms with Crippen LogP contribution in [0.3, 0.4) is 0 Å². The summed E-state index contributed by atoms with van der Waals surface area (Å²) >= 11 is 1.34. The first-order valence-corrected chi connectivity index (χ1v) is 7.91. The first kappa shape index (κ1) is 15.1. The van der Waals surface area contributed by atoms with Crippen molar-refractivity contribution in [1.29, 1.82) is 0 Å². The maximum Gasteiger partial charge on any atom is 0.260 e. The van der Waals surface area contributed by atoms with E-state index in [9.17, 15) is 9.18 Å². The summed E-state index contributed by atoms with van der Waals surface area (Å²) in [6, 6.07) is 5.90. The van der Waals surface area contributed by atoms with Gasteiger partial charge in [-0.25, -0.2) is 9.37 Å². The van der Waals surface area contributed by atoms with Crippen LogP contribution in [-0.4, -0.2) is 42.1 Å². The van der Waals surface area contributed by atoms with E-state index in [1.54, 1.807) is 12.1 Å². The second-order valence-corrected chi connectivity index (χ2v) is 5.82. The fraction of sp³-hybridized carbons (Fsp3) is 0.333. The third-order valence-electron chi connectivity index (χ3n) is 3.38. The topological polar surface area (TPSA) is 54.5 Å². The number of rotatable bonds is 4. The summed E-state index contributed by atoms with van der Waals surface area (Å²) in [4.78, 5) is 18.7. The van der Waals surface area contributed by atoms with Gasteiger partial charge >= 0.3 is 0 Å². The second-order valence-electron chi connectivity index (χ2n) is 4.97. The number of amides is 1. The Morgan fingerprint density at radius 2 is 2.14 bits per heavy atom. The van der Waals surface area contributed by atoms with Gasteiger partial charge in [-0.1, -0.05) is 12.1 Å². The van der Waals surface area contributed by atoms with Crippen LogP contribution < -0.4 is 5.32 Å². The van der Waals surface area contributed by atoms with Crippen molar-refractivity contribution in [2.24, 2.45) is 0 Å². The Labute approximate surface area is 131 Å². The molecular formula is C15H16FN3O2S. The molecule has 0 saturated carbocycles. The SMILES string of the molecule is O=C(Nc1nc(CN2CCOCC2)cs1)c1ccccc1F. The number of carbonyl (C=O) groups is 1. The predicted molar refractivity (Wildman–Crippen MR) is 82.6 cm³/mol. The molecule has 7 heteroatoms. The number of morpholine rings is 1. The van der Waals surface area contributed by atoms with Crippen LogP contribution in [0.5, 0.6) is 0 Å². The highest BCUT2D eigenvalue weighted by Crippen LogP contribution is 2.18. The van der Waals surface area contributed by atoms with Crippen LogP contribution in [0.15, 0.2) is 29.6 Å². The van der Waals surface area contributed by atoms with Gasteiger partial charge in [0.2, 0.25) is 0 Å². The fourth-order valence-electron chi connectivity index (χ4n) is 2.24. The highest BCUT2D eigenvalue weighted by molar-refractivity contribution is 7.13. The van der Waals surface area contributed by atoms with Gasteiger partial charge in [0.25, 0.3) is 5.91 Å². The van der Waals surface area contributed by atoms with Crippen LogP contribution in [0.4, 0.5) is 9.52 Å². The van der Waals surface area contributed by atoms with Crippen LogP contribution in [-0.2, 0) is 11.3 Å². The van der Waals surface area contributed by atoms with Crippen molar-refractivity contribution < 1.29 is 13.9 Å². The lowest BCUT2D eigenvalue weighted by molar-refractivity contribution is 0.0337. The molecule has 1 aromatic heterocycles. The van der Waals surface area contributed by atoms with Gasteiger partial charge in [-0.15, -0.1) is 11.3 Å². The van der Waals surface area contributed by atoms with Crippen molar-refractivity contribution in [2.75, 3.05) is 31.6 Å². The molecule has 0 aliphatic carbocycles. The fourth-order valence-corrected chi connectivity index (χ4v) is 2.93. The number of hydrogen-bond acceptors (Lipinski definition) is 5. The normalized spacial score (nSPS) is 15.7. The maximum absolute atomic E-state index is 13.6. The number of ether oxygens (including phenoxy) is 1. The molecule has 116 valence electrons. The van der Waals surface area contributed by atoms with Gasteiger partial charge in [-0.3, -0.25) is 15.0 Å². The Balaban J connectivity index is 1.61. The number of carbonyl (C=O) groups excluding carboxylic acids is 1. The van der Waals surface area contributed by atoms with Gasteiger partial charge in [-0.2, -0.15) is 0 Å². The lowest BCUT2D eigenvalue weighted by Crippen LogP contribution is -2.35. The highest BCUT2D eigenvalue weighted by atomic mass is 32.1. The van der Waals surface area contributed by atoms with E-state index in [1.165, 1.54) is 23.5 Å². The van der Waals surface area contributed by atoms with Crippen molar-refractivity contribution in [1.82, 2.24) is 9.88 Å². The summed E-state index contributed by atoms with van der Waals surface area (Å²) in [7, 11) is 0. The number of benzene rings is 1. The van der Waals surface area contributed by atoms with Gasteiger partial charge in [0.1, 0.15) is 5.82 Å². The molecule has 2 aromatic rings. The van der Waals surface area contributed by atoms with Crippen LogP contribution in [0.1, 0.15) is 16.1 Å². The summed E-state index contributed by atoms with van der Waals surface area (Å²) in [5.74, 6) is -1.02. The molecule has 3 rings (SSSR count). The van der Waals surface area contributed by atoms with E-state index in [2.05, 4.69) is 15.2 Å². The number of anilines is 1. The van der Waals surface area contributed by atoms with E-state index in [0.29, 0.717) is 5.13 Å². The molecular weight excluding hydrogens is 305 g/mol. The summed E-state index contributed by atoms with van der Waals surface area (Å²) in [6.07, 6.45) is 0. The van der Waals surface area contributed by atoms with Gasteiger partial charge < -0.3 is 4.74 Å². The Kier molecular flexibility index (Phi) is 4.77. The van der Waals surface area contributed by atoms with Crippen LogP contribution in [0.2, 0.25) is 0 Å². The quantitative estimate of drug-likeness (QED) is 0.939. The Morgan fingerprint density at radius 3 is 2.91 bits per heavy atom. The standard InChI is InChI=1S/C15H16FN3O2S/c16-13-4-2-1-3-12(13)14(20)18-15-17-11(10-22-15)9-19-5-7-21-8-6-19/h1-4,10H,5-9H2,(H,17,18,20). The number of hydrogen-bond donors (Lipinski definition) is 1. The van der Waals surface area contributed by atoms with Crippen molar-refractivity contribution in [3.63, 3.8) is 0 Å². The van der Waals surface area contributed by atoms with E-state index in [1.807, 2.05) is 5.38 Å². The molecule has 1 aliphatic rings. The minimum atomic E-state index is -0.537. The zero-order valence-electron chi connectivity index (χ0n) is 11.9. The van der Waals surface area contributed by atoms with Gasteiger partial charge in [-0.05, 0) is 12.1 Å². The minimum Gasteiger partial charge on any atom is -0.379 e. The Morgan fingerprint density at radius 1 is 1.36 bits per heavy atom. The first-order chi connectivity index (χ1) is 10.7. The summed E-state index contributed by atoms with van der Waals surface area (Å²) < 4.78 is 18.9. The van der Waals surface area contributed by atoms with Crippen molar-refractivity contribution in [2.45, 2.75) is 6.54 Å². The zero-order valence-corrected chi connectivity index (χ0v) is 12.7. The largest absolute Gasteiger partial charge is 0.379 e. The first-order valence-electron chi connectivity index (χ1n) is 7.03. The average molecular weight is 321 g/mol. The summed E-state index contributed by atoms with van der Waals surface area (Å²) in [5, 5.41) is 5.03. The monoisotopic (exact) mass is 321 g/mol. The molecule has 0 spiro atoms. The van der Waals surface area contributed by atoms with Crippen molar-refractivity contribution in [3.8, 4) is 0 Å². The lowest BCUT2D eigenvalue weighted by atomic mass is 10.2. The van der Waals surface area contributed by atoms with E-state index in [4.69, 9.17) is 4.74 Å². The molecule has 0 atom stereocenters. The van der Waals surface area contributed by atoms with Crippen LogP contribution in [0.25, 0.3) is 0 Å². The molecule has 0 radical (unpaired) electrons. The molecule has 1 amide bonds. The average Bonchev–Trinajstić information content (AvgIpc) is 2.95. The third kappa shape index (κ3) is 3.68. The Hall–Kier alpha value is -1.83. The molecule has 2 heterocycles. The van der Waals surface area contributed by atoms with Gasteiger partial charge in [0, 0.05) is 25.0 Å². The minimum absolute atomic E-state index is 0.0208. The number of aromatic nitrogens is 1. The van der Waals surface area contributed by atoms with Crippen molar-refractivity contribution in [3.05, 3.63) is 46.7 Å². The molecule has 1 N–H and O–H groups in total. The molecule has 1 aliphatic heterocycles. The second kappa shape index (κ2) is 6.95. The molecule has 5 nitrogen and oxygen atoms in total. The van der Waals surface area contributed by atoms with E-state index in [0.717, 1.165) is 38.5 Å². The molecule has 1 aromatic carbocycles. The van der Waals surface area contributed by atoms with Crippen LogP contribution in [0, 0.1) is 5.82 Å². The molecule has 1 saturated heterocycles. The molecule has 1 fully saturated rings. The lowest BCUT2D eigenvalue weighted by Gasteiger charge is -2.25. The van der Waals surface area contributed by atoms with Gasteiger partial charge in [0.05, 0.1) is 24.5 Å². The van der Waals surface area contributed by atoms with E-state index >= 15 is 0 Å². The van der Waals surface area contributed by atoms with E-state index in [-0.39, 0.29) is 5.56 Å². The van der Waals surface area contributed by atoms with Crippen LogP contribution >= 0.6 is 11.3 Å². The van der Waals surface area contributed by atoms with E-state index < -0.39 is 11.7 Å². The molecule has 0 unspecified atom stereocenters. The van der Waals surface area contributed by atoms with Gasteiger partial charge in [0.15, 0.2) is 5.13 Å². The third-order valence-corrected chi connectivity index (χ3v) is 4.19. The highest BCUT2D eigenvalue weighted by Gasteiger charge is 2.15. The summed E-state index contributed by atoms with van der Waals surface area (Å²) in [6.45, 7) is 3.97. The number of nitrogens with one attached hydrogen (secondary N) is 1. The summed E-state index contributed by atoms with van der Waals surface area (Å²) in [5.41, 5.74) is 0.920. The molecule has 0 bridgehead atoms. The predicted octanol–water partition coefficient (Wildman–Crippen LogP) is 2.37. The number of thiazole rings is 1. The van der Waals surface area contributed by atoms with Crippen molar-refractivity contribution >= 4 is 22.4 Å². The smallest absolute Gasteiger partial charge is 0.260 e. The zero-order chi connectivity index (χ0) is 15.4. The molecule has 22 heavy (non-hydrogen) atoms.